The zero-order chi connectivity index (χ0) is 10.1. The zero-order valence-electron chi connectivity index (χ0n) is 7.19. The van der Waals surface area contributed by atoms with Crippen LogP contribution in [-0.4, -0.2) is 19.4 Å². The lowest BCUT2D eigenvalue weighted by atomic mass is 10.2. The van der Waals surface area contributed by atoms with Gasteiger partial charge in [-0.15, -0.1) is 0 Å². The van der Waals surface area contributed by atoms with E-state index >= 15 is 0 Å². The summed E-state index contributed by atoms with van der Waals surface area (Å²) in [5.74, 6) is -0.682. The van der Waals surface area contributed by atoms with Crippen molar-refractivity contribution >= 4 is 12.3 Å². The molecule has 0 unspecified atom stereocenters. The highest BCUT2D eigenvalue weighted by atomic mass is 16.5. The van der Waals surface area contributed by atoms with Crippen LogP contribution in [0.4, 0.5) is 0 Å². The third kappa shape index (κ3) is 4.53. The largest absolute Gasteiger partial charge is 0.465 e. The van der Waals surface area contributed by atoms with Crippen molar-refractivity contribution in [3.05, 3.63) is 23.8 Å². The van der Waals surface area contributed by atoms with Crippen molar-refractivity contribution in [2.24, 2.45) is 0 Å². The molecule has 0 saturated carbocycles. The van der Waals surface area contributed by atoms with Gasteiger partial charge in [0.15, 0.2) is 0 Å². The van der Waals surface area contributed by atoms with Gasteiger partial charge in [-0.25, -0.2) is 4.79 Å². The minimum atomic E-state index is -0.682. The quantitative estimate of drug-likeness (QED) is 0.210. The first-order valence-corrected chi connectivity index (χ1v) is 3.55. The summed E-state index contributed by atoms with van der Waals surface area (Å²) < 4.78 is 4.33. The number of nitriles is 1. The molecule has 0 heterocycles. The van der Waals surface area contributed by atoms with E-state index in [1.165, 1.54) is 25.3 Å². The van der Waals surface area contributed by atoms with Gasteiger partial charge in [0, 0.05) is 6.42 Å². The van der Waals surface area contributed by atoms with Crippen LogP contribution in [-0.2, 0) is 14.3 Å². The predicted molar refractivity (Wildman–Crippen MR) is 45.5 cm³/mol. The van der Waals surface area contributed by atoms with Crippen molar-refractivity contribution in [2.75, 3.05) is 7.11 Å². The van der Waals surface area contributed by atoms with Crippen LogP contribution in [0.1, 0.15) is 6.42 Å². The Labute approximate surface area is 76.1 Å². The Morgan fingerprint density at radius 1 is 1.62 bits per heavy atom. The second-order valence-corrected chi connectivity index (χ2v) is 2.01. The first kappa shape index (κ1) is 11.1. The normalized spacial score (nSPS) is 10.9. The highest BCUT2D eigenvalue weighted by molar-refractivity contribution is 5.92. The summed E-state index contributed by atoms with van der Waals surface area (Å²) in [7, 11) is 1.20. The molecule has 0 saturated heterocycles. The van der Waals surface area contributed by atoms with E-state index in [0.29, 0.717) is 6.29 Å². The Hall–Kier alpha value is -1.89. The zero-order valence-corrected chi connectivity index (χ0v) is 7.19. The molecule has 0 fully saturated rings. The molecular weight excluding hydrogens is 170 g/mol. The third-order valence-corrected chi connectivity index (χ3v) is 1.16. The van der Waals surface area contributed by atoms with E-state index in [2.05, 4.69) is 4.74 Å². The molecule has 0 aliphatic heterocycles. The van der Waals surface area contributed by atoms with Crippen molar-refractivity contribution in [2.45, 2.75) is 6.42 Å². The molecule has 0 aliphatic rings. The molecule has 0 N–H and O–H groups in total. The van der Waals surface area contributed by atoms with Gasteiger partial charge < -0.3 is 9.53 Å². The first-order chi connectivity index (χ1) is 6.26. The molecule has 0 bridgehead atoms. The Balaban J connectivity index is 4.33. The van der Waals surface area contributed by atoms with Gasteiger partial charge in [-0.1, -0.05) is 12.2 Å². The molecule has 0 amide bonds. The van der Waals surface area contributed by atoms with Gasteiger partial charge in [0.2, 0.25) is 0 Å². The van der Waals surface area contributed by atoms with Gasteiger partial charge >= 0.3 is 5.97 Å². The number of carbonyl (C=O) groups is 2. The summed E-state index contributed by atoms with van der Waals surface area (Å²) in [6.07, 6.45) is 5.28. The van der Waals surface area contributed by atoms with Crippen molar-refractivity contribution in [3.63, 3.8) is 0 Å². The van der Waals surface area contributed by atoms with Crippen LogP contribution in [0.25, 0.3) is 0 Å². The van der Waals surface area contributed by atoms with Crippen molar-refractivity contribution in [3.8, 4) is 6.07 Å². The molecule has 0 atom stereocenters. The summed E-state index contributed by atoms with van der Waals surface area (Å²) in [6.45, 7) is 0. The first-order valence-electron chi connectivity index (χ1n) is 3.55. The molecule has 0 aromatic heterocycles. The molecule has 0 aliphatic carbocycles. The van der Waals surface area contributed by atoms with Crippen molar-refractivity contribution < 1.29 is 14.3 Å². The lowest BCUT2D eigenvalue weighted by Crippen LogP contribution is -2.02. The van der Waals surface area contributed by atoms with Crippen molar-refractivity contribution in [1.82, 2.24) is 0 Å². The minimum Gasteiger partial charge on any atom is -0.465 e. The summed E-state index contributed by atoms with van der Waals surface area (Å²) >= 11 is 0. The maximum absolute atomic E-state index is 10.8. The summed E-state index contributed by atoms with van der Waals surface area (Å²) in [5.41, 5.74) is -0.0929. The maximum Gasteiger partial charge on any atom is 0.348 e. The summed E-state index contributed by atoms with van der Waals surface area (Å²) in [4.78, 5) is 20.7. The number of hydrogen-bond donors (Lipinski definition) is 0. The fourth-order valence-electron chi connectivity index (χ4n) is 0.559. The van der Waals surface area contributed by atoms with Crippen LogP contribution >= 0.6 is 0 Å². The van der Waals surface area contributed by atoms with E-state index in [0.717, 1.165) is 0 Å². The second-order valence-electron chi connectivity index (χ2n) is 2.01. The molecule has 0 radical (unpaired) electrons. The van der Waals surface area contributed by atoms with Gasteiger partial charge in [0.25, 0.3) is 0 Å². The van der Waals surface area contributed by atoms with Gasteiger partial charge in [-0.2, -0.15) is 5.26 Å². The van der Waals surface area contributed by atoms with Crippen LogP contribution in [0.3, 0.4) is 0 Å². The summed E-state index contributed by atoms with van der Waals surface area (Å²) in [6, 6.07) is 1.68. The number of allylic oxidation sites excluding steroid dienone is 3. The molecule has 0 spiro atoms. The monoisotopic (exact) mass is 179 g/mol. The average Bonchev–Trinajstić information content (AvgIpc) is 2.17. The number of methoxy groups -OCH3 is 1. The maximum atomic E-state index is 10.8. The molecule has 4 heteroatoms. The van der Waals surface area contributed by atoms with Crippen LogP contribution in [0, 0.1) is 11.3 Å². The van der Waals surface area contributed by atoms with E-state index in [1.54, 1.807) is 6.07 Å². The number of rotatable bonds is 4. The van der Waals surface area contributed by atoms with Gasteiger partial charge in [0.1, 0.15) is 17.9 Å². The highest BCUT2D eigenvalue weighted by Gasteiger charge is 2.05. The second kappa shape index (κ2) is 6.80. The lowest BCUT2D eigenvalue weighted by molar-refractivity contribution is -0.135. The minimum absolute atomic E-state index is 0.0929. The number of carbonyl (C=O) groups excluding carboxylic acids is 2. The number of ether oxygens (including phenoxy) is 1. The molecule has 0 rings (SSSR count). The van der Waals surface area contributed by atoms with E-state index in [1.807, 2.05) is 0 Å². The molecular formula is C9H9NO3. The van der Waals surface area contributed by atoms with Crippen LogP contribution in [0.2, 0.25) is 0 Å². The Kier molecular flexibility index (Phi) is 5.81. The fourth-order valence-corrected chi connectivity index (χ4v) is 0.559. The number of aldehydes is 1. The summed E-state index contributed by atoms with van der Waals surface area (Å²) in [5, 5.41) is 8.46. The topological polar surface area (TPSA) is 67.2 Å². The van der Waals surface area contributed by atoms with E-state index < -0.39 is 5.97 Å². The Morgan fingerprint density at radius 3 is 2.77 bits per heavy atom. The fraction of sp³-hybridized carbons (Fsp3) is 0.222. The van der Waals surface area contributed by atoms with Crippen LogP contribution in [0.5, 0.6) is 0 Å². The van der Waals surface area contributed by atoms with Crippen molar-refractivity contribution in [1.29, 1.82) is 5.26 Å². The molecule has 0 aromatic carbocycles. The molecule has 0 aromatic rings. The van der Waals surface area contributed by atoms with Gasteiger partial charge in [-0.3, -0.25) is 0 Å². The van der Waals surface area contributed by atoms with E-state index in [9.17, 15) is 9.59 Å². The Morgan fingerprint density at radius 2 is 2.31 bits per heavy atom. The molecule has 4 nitrogen and oxygen atoms in total. The van der Waals surface area contributed by atoms with Gasteiger partial charge in [0.05, 0.1) is 7.11 Å². The number of esters is 1. The predicted octanol–water partition coefficient (Wildman–Crippen LogP) is 0.755. The van der Waals surface area contributed by atoms with E-state index in [-0.39, 0.29) is 12.0 Å². The lowest BCUT2D eigenvalue weighted by Gasteiger charge is -1.92. The standard InChI is InChI=1S/C9H9NO3/c1-13-9(12)8(7-10)5-3-2-4-6-11/h2-3,5-6H,4H2,1H3/b3-2+,8-5+. The molecule has 68 valence electrons. The van der Waals surface area contributed by atoms with Crippen LogP contribution in [0.15, 0.2) is 23.8 Å². The SMILES string of the molecule is COC(=O)/C(C#N)=C/C=C/CC=O. The number of nitrogens with zero attached hydrogens (tertiary/aromatic N) is 1. The highest BCUT2D eigenvalue weighted by Crippen LogP contribution is 1.95. The number of hydrogen-bond acceptors (Lipinski definition) is 4. The third-order valence-electron chi connectivity index (χ3n) is 1.16. The average molecular weight is 179 g/mol. The Bertz CT molecular complexity index is 284. The molecule has 13 heavy (non-hydrogen) atoms. The van der Waals surface area contributed by atoms with Gasteiger partial charge in [-0.05, 0) is 6.08 Å². The smallest absolute Gasteiger partial charge is 0.348 e. The van der Waals surface area contributed by atoms with Crippen LogP contribution < -0.4 is 0 Å². The van der Waals surface area contributed by atoms with E-state index in [4.69, 9.17) is 5.26 Å².